The Bertz CT molecular complexity index is 954. The molecule has 0 aliphatic rings. The van der Waals surface area contributed by atoms with Crippen molar-refractivity contribution in [1.82, 2.24) is 0 Å². The summed E-state index contributed by atoms with van der Waals surface area (Å²) in [5.41, 5.74) is 1.30. The van der Waals surface area contributed by atoms with Crippen LogP contribution in [-0.2, 0) is 16.1 Å². The Balaban J connectivity index is 0.000000687. The number of pyridine rings is 1. The van der Waals surface area contributed by atoms with Gasteiger partial charge in [-0.05, 0) is 25.0 Å². The number of nitrogens with zero attached hydrogens (tertiary/aromatic N) is 2. The zero-order valence-corrected chi connectivity index (χ0v) is 16.6. The predicted octanol–water partition coefficient (Wildman–Crippen LogP) is 4.56. The smallest absolute Gasteiger partial charge is 0.305 e. The van der Waals surface area contributed by atoms with Crippen molar-refractivity contribution in [1.29, 1.82) is 0 Å². The predicted molar refractivity (Wildman–Crippen MR) is 112 cm³/mol. The van der Waals surface area contributed by atoms with Crippen molar-refractivity contribution in [2.45, 2.75) is 45.1 Å². The van der Waals surface area contributed by atoms with E-state index in [-0.39, 0.29) is 5.97 Å². The van der Waals surface area contributed by atoms with Crippen molar-refractivity contribution < 1.29 is 19.2 Å². The number of benzene rings is 2. The third-order valence-corrected chi connectivity index (χ3v) is 4.77. The molecule has 0 N–H and O–H groups in total. The summed E-state index contributed by atoms with van der Waals surface area (Å²) in [6.07, 6.45) is 8.36. The minimum Gasteiger partial charge on any atom is -0.469 e. The Morgan fingerprint density at radius 2 is 1.52 bits per heavy atom. The summed E-state index contributed by atoms with van der Waals surface area (Å²) in [6, 6.07) is 17.2. The molecule has 1 aromatic heterocycles. The van der Waals surface area contributed by atoms with E-state index in [0.717, 1.165) is 25.8 Å². The Morgan fingerprint density at radius 3 is 2.24 bits per heavy atom. The fraction of sp³-hybridized carbons (Fsp3) is 0.364. The first-order chi connectivity index (χ1) is 14.0. The van der Waals surface area contributed by atoms with E-state index in [0.29, 0.717) is 6.42 Å². The topological polar surface area (TPSA) is 96.4 Å². The van der Waals surface area contributed by atoms with E-state index in [1.807, 2.05) is 0 Å². The highest BCUT2D eigenvalue weighted by Gasteiger charge is 2.12. The number of hydrogen-bond acceptors (Lipinski definition) is 5. The quantitative estimate of drug-likeness (QED) is 0.138. The lowest BCUT2D eigenvalue weighted by atomic mass is 10.1. The van der Waals surface area contributed by atoms with Crippen LogP contribution in [0.1, 0.15) is 38.5 Å². The van der Waals surface area contributed by atoms with Gasteiger partial charge in [-0.15, -0.1) is 0 Å². The first-order valence-electron chi connectivity index (χ1n) is 9.71. The molecule has 0 fully saturated rings. The molecule has 0 bridgehead atoms. The minimum absolute atomic E-state index is 0.0989. The first-order valence-corrected chi connectivity index (χ1v) is 9.71. The molecule has 29 heavy (non-hydrogen) atoms. The molecule has 0 radical (unpaired) electrons. The van der Waals surface area contributed by atoms with Crippen LogP contribution in [0.15, 0.2) is 54.7 Å². The highest BCUT2D eigenvalue weighted by Crippen LogP contribution is 2.22. The Kier molecular flexibility index (Phi) is 8.82. The van der Waals surface area contributed by atoms with Gasteiger partial charge in [0.15, 0.2) is 6.20 Å². The zero-order valence-electron chi connectivity index (χ0n) is 16.6. The zero-order chi connectivity index (χ0) is 21.1. The van der Waals surface area contributed by atoms with Gasteiger partial charge in [-0.3, -0.25) is 4.79 Å². The number of methoxy groups -OCH3 is 1. The lowest BCUT2D eigenvalue weighted by Crippen LogP contribution is -2.34. The van der Waals surface area contributed by atoms with Crippen LogP contribution < -0.4 is 4.57 Å². The molecule has 0 aliphatic heterocycles. The van der Waals surface area contributed by atoms with Crippen LogP contribution in [0, 0.1) is 15.3 Å². The van der Waals surface area contributed by atoms with Crippen LogP contribution in [0.2, 0.25) is 0 Å². The lowest BCUT2D eigenvalue weighted by molar-refractivity contribution is -0.670. The van der Waals surface area contributed by atoms with E-state index in [1.165, 1.54) is 41.6 Å². The molecule has 0 amide bonds. The summed E-state index contributed by atoms with van der Waals surface area (Å²) in [6.45, 7) is 1.03. The molecule has 0 unspecified atom stereocenters. The van der Waals surface area contributed by atoms with Gasteiger partial charge >= 0.3 is 5.97 Å². The molecule has 0 spiro atoms. The number of esters is 1. The summed E-state index contributed by atoms with van der Waals surface area (Å²) < 4.78 is 7.05. The van der Waals surface area contributed by atoms with Crippen molar-refractivity contribution in [3.8, 4) is 0 Å². The maximum atomic E-state index is 11.1. The molecule has 3 rings (SSSR count). The van der Waals surface area contributed by atoms with E-state index in [1.54, 1.807) is 0 Å². The normalized spacial score (nSPS) is 10.4. The second-order valence-electron chi connectivity index (χ2n) is 6.74. The standard InChI is InChI=1S/C22H26NO2.NO3/c1-25-22(24)15-5-3-2-4-10-16-23-17-18-11-6-7-12-19(18)20-13-8-9-14-21(20)23;2-1(3)4/h6-9,11-14,17H,2-5,10,15-16H2,1H3;/q+1;-1. The Morgan fingerprint density at radius 1 is 0.931 bits per heavy atom. The maximum absolute atomic E-state index is 11.1. The summed E-state index contributed by atoms with van der Waals surface area (Å²) in [4.78, 5) is 19.3. The largest absolute Gasteiger partial charge is 0.469 e. The average Bonchev–Trinajstić information content (AvgIpc) is 2.72. The number of carbonyl (C=O) groups excluding carboxylic acids is 1. The molecular weight excluding hydrogens is 372 g/mol. The summed E-state index contributed by atoms with van der Waals surface area (Å²) in [5, 5.41) is 18.7. The summed E-state index contributed by atoms with van der Waals surface area (Å²) in [7, 11) is 1.45. The number of unbranched alkanes of at least 4 members (excludes halogenated alkanes) is 4. The van der Waals surface area contributed by atoms with Crippen molar-refractivity contribution in [3.63, 3.8) is 0 Å². The molecule has 0 saturated heterocycles. The van der Waals surface area contributed by atoms with Gasteiger partial charge in [0.05, 0.1) is 17.6 Å². The van der Waals surface area contributed by atoms with Gasteiger partial charge in [-0.1, -0.05) is 43.2 Å². The molecular formula is C22H26N2O5. The van der Waals surface area contributed by atoms with E-state index in [9.17, 15) is 4.79 Å². The highest BCUT2D eigenvalue weighted by atomic mass is 16.9. The third kappa shape index (κ3) is 7.03. The summed E-state index contributed by atoms with van der Waals surface area (Å²) in [5.74, 6) is -0.0989. The van der Waals surface area contributed by atoms with Crippen LogP contribution in [0.25, 0.3) is 21.7 Å². The molecule has 2 aromatic carbocycles. The molecule has 7 nitrogen and oxygen atoms in total. The highest BCUT2D eigenvalue weighted by molar-refractivity contribution is 6.03. The second-order valence-corrected chi connectivity index (χ2v) is 6.74. The second kappa shape index (κ2) is 11.6. The van der Waals surface area contributed by atoms with Gasteiger partial charge < -0.3 is 20.1 Å². The molecule has 3 aromatic rings. The van der Waals surface area contributed by atoms with Gasteiger partial charge in [0.2, 0.25) is 5.52 Å². The van der Waals surface area contributed by atoms with Crippen molar-refractivity contribution in [2.75, 3.05) is 7.11 Å². The van der Waals surface area contributed by atoms with Crippen molar-refractivity contribution in [2.24, 2.45) is 0 Å². The lowest BCUT2D eigenvalue weighted by Gasteiger charge is -2.06. The first kappa shape index (κ1) is 22.1. The van der Waals surface area contributed by atoms with E-state index in [4.69, 9.17) is 15.3 Å². The summed E-state index contributed by atoms with van der Waals surface area (Å²) >= 11 is 0. The number of ether oxygens (including phenoxy) is 1. The van der Waals surface area contributed by atoms with Crippen LogP contribution in [0.5, 0.6) is 0 Å². The van der Waals surface area contributed by atoms with Gasteiger partial charge in [0.25, 0.3) is 0 Å². The van der Waals surface area contributed by atoms with Gasteiger partial charge in [-0.25, -0.2) is 0 Å². The van der Waals surface area contributed by atoms with E-state index in [2.05, 4.69) is 64.0 Å². The third-order valence-electron chi connectivity index (χ3n) is 4.77. The number of fused-ring (bicyclic) bond motifs is 3. The van der Waals surface area contributed by atoms with Gasteiger partial charge in [0.1, 0.15) is 6.54 Å². The van der Waals surface area contributed by atoms with Gasteiger partial charge in [0, 0.05) is 29.7 Å². The van der Waals surface area contributed by atoms with Gasteiger partial charge in [-0.2, -0.15) is 4.57 Å². The van der Waals surface area contributed by atoms with E-state index >= 15 is 0 Å². The van der Waals surface area contributed by atoms with Crippen LogP contribution in [0.3, 0.4) is 0 Å². The number of rotatable bonds is 8. The fourth-order valence-electron chi connectivity index (χ4n) is 3.41. The molecule has 7 heteroatoms. The SMILES string of the molecule is COC(=O)CCCCCCC[n+]1cc2ccccc2c2ccccc21.O=[N+]([O-])[O-]. The number of carbonyl (C=O) groups is 1. The molecule has 154 valence electrons. The number of para-hydroxylation sites is 1. The number of aromatic nitrogens is 1. The van der Waals surface area contributed by atoms with E-state index < -0.39 is 5.09 Å². The van der Waals surface area contributed by atoms with Crippen LogP contribution in [-0.4, -0.2) is 18.2 Å². The molecule has 1 heterocycles. The minimum atomic E-state index is -1.75. The number of hydrogen-bond donors (Lipinski definition) is 0. The molecule has 0 atom stereocenters. The molecule has 0 aliphatic carbocycles. The Labute approximate surface area is 169 Å². The monoisotopic (exact) mass is 398 g/mol. The maximum Gasteiger partial charge on any atom is 0.305 e. The van der Waals surface area contributed by atoms with Crippen molar-refractivity contribution >= 4 is 27.6 Å². The fourth-order valence-corrected chi connectivity index (χ4v) is 3.41. The number of aryl methyl sites for hydroxylation is 1. The van der Waals surface area contributed by atoms with Crippen LogP contribution >= 0.6 is 0 Å². The molecule has 0 saturated carbocycles. The average molecular weight is 398 g/mol. The van der Waals surface area contributed by atoms with Crippen molar-refractivity contribution in [3.05, 3.63) is 70.0 Å². The Hall–Kier alpha value is -3.22. The van der Waals surface area contributed by atoms with Crippen LogP contribution in [0.4, 0.5) is 0 Å².